The van der Waals surface area contributed by atoms with E-state index in [9.17, 15) is 9.59 Å². The zero-order chi connectivity index (χ0) is 24.3. The third-order valence-corrected chi connectivity index (χ3v) is 6.10. The van der Waals surface area contributed by atoms with Crippen molar-refractivity contribution in [2.45, 2.75) is 26.2 Å². The Labute approximate surface area is 202 Å². The van der Waals surface area contributed by atoms with E-state index in [0.717, 1.165) is 16.9 Å². The molecule has 1 aromatic heterocycles. The number of rotatable bonds is 6. The van der Waals surface area contributed by atoms with Crippen LogP contribution in [0.25, 0.3) is 11.3 Å². The Hall–Kier alpha value is -3.97. The predicted octanol–water partition coefficient (Wildman–Crippen LogP) is 6.80. The minimum Gasteiger partial charge on any atom is -0.478 e. The number of nitrogens with zero attached hydrogens (tertiary/aromatic N) is 1. The summed E-state index contributed by atoms with van der Waals surface area (Å²) in [7, 11) is 0. The highest BCUT2D eigenvalue weighted by Gasteiger charge is 2.14. The number of carbonyl (C=O) groups excluding carboxylic acids is 1. The maximum absolute atomic E-state index is 12.6. The van der Waals surface area contributed by atoms with E-state index in [0.29, 0.717) is 16.4 Å². The number of aromatic nitrogens is 1. The number of carboxylic acids is 1. The Morgan fingerprint density at radius 2 is 1.41 bits per heavy atom. The van der Waals surface area contributed by atoms with Crippen LogP contribution in [0.4, 0.5) is 16.5 Å². The van der Waals surface area contributed by atoms with E-state index in [1.54, 1.807) is 24.3 Å². The van der Waals surface area contributed by atoms with E-state index in [1.165, 1.54) is 16.9 Å². The van der Waals surface area contributed by atoms with Gasteiger partial charge in [-0.05, 0) is 59.5 Å². The van der Waals surface area contributed by atoms with Crippen LogP contribution < -0.4 is 10.6 Å². The third-order valence-electron chi connectivity index (χ3n) is 5.34. The van der Waals surface area contributed by atoms with Gasteiger partial charge in [0.25, 0.3) is 5.91 Å². The molecule has 1 heterocycles. The van der Waals surface area contributed by atoms with Gasteiger partial charge in [-0.3, -0.25) is 4.79 Å². The lowest BCUT2D eigenvalue weighted by atomic mass is 9.87. The quantitative estimate of drug-likeness (QED) is 0.288. The molecule has 0 atom stereocenters. The highest BCUT2D eigenvalue weighted by Crippen LogP contribution is 2.28. The third kappa shape index (κ3) is 5.50. The van der Waals surface area contributed by atoms with Crippen molar-refractivity contribution in [3.8, 4) is 11.3 Å². The number of thiazole rings is 1. The molecule has 0 fully saturated rings. The minimum absolute atomic E-state index is 0.0425. The van der Waals surface area contributed by atoms with Gasteiger partial charge in [0.05, 0.1) is 11.3 Å². The molecule has 0 aliphatic rings. The van der Waals surface area contributed by atoms with Crippen molar-refractivity contribution >= 4 is 39.7 Å². The van der Waals surface area contributed by atoms with E-state index in [1.807, 2.05) is 53.9 Å². The first kappa shape index (κ1) is 23.2. The van der Waals surface area contributed by atoms with Gasteiger partial charge < -0.3 is 15.7 Å². The smallest absolute Gasteiger partial charge is 0.335 e. The van der Waals surface area contributed by atoms with Gasteiger partial charge in [0.2, 0.25) is 0 Å². The van der Waals surface area contributed by atoms with Crippen molar-refractivity contribution in [3.05, 3.63) is 94.9 Å². The minimum atomic E-state index is -0.957. The second-order valence-electron chi connectivity index (χ2n) is 8.90. The van der Waals surface area contributed by atoms with Crippen LogP contribution in [-0.4, -0.2) is 22.0 Å². The zero-order valence-corrected chi connectivity index (χ0v) is 19.9. The summed E-state index contributed by atoms with van der Waals surface area (Å²) >= 11 is 1.46. The van der Waals surface area contributed by atoms with Crippen LogP contribution in [0.3, 0.4) is 0 Å². The van der Waals surface area contributed by atoms with E-state index >= 15 is 0 Å². The average Bonchev–Trinajstić information content (AvgIpc) is 3.28. The lowest BCUT2D eigenvalue weighted by Crippen LogP contribution is -2.14. The maximum atomic E-state index is 12.6. The summed E-state index contributed by atoms with van der Waals surface area (Å²) < 4.78 is 0. The van der Waals surface area contributed by atoms with Crippen molar-refractivity contribution in [2.24, 2.45) is 0 Å². The zero-order valence-electron chi connectivity index (χ0n) is 19.1. The first-order valence-electron chi connectivity index (χ1n) is 10.8. The highest BCUT2D eigenvalue weighted by atomic mass is 32.1. The van der Waals surface area contributed by atoms with E-state index in [-0.39, 0.29) is 16.9 Å². The maximum Gasteiger partial charge on any atom is 0.335 e. The van der Waals surface area contributed by atoms with Crippen LogP contribution in [0, 0.1) is 0 Å². The standard InChI is InChI=1S/C27H25N3O3S/c1-27(2,3)20-10-4-18(5-11-20)24(31)28-21-12-6-17(7-13-21)23-16-34-26(30-23)29-22-14-8-19(9-15-22)25(32)33/h4-16H,1-3H3,(H,28,31)(H,29,30)(H,32,33). The number of anilines is 3. The largest absolute Gasteiger partial charge is 0.478 e. The Bertz CT molecular complexity index is 1300. The fraction of sp³-hybridized carbons (Fsp3) is 0.148. The van der Waals surface area contributed by atoms with E-state index < -0.39 is 5.97 Å². The number of nitrogens with one attached hydrogen (secondary N) is 2. The van der Waals surface area contributed by atoms with Crippen LogP contribution >= 0.6 is 11.3 Å². The molecule has 0 radical (unpaired) electrons. The van der Waals surface area contributed by atoms with Gasteiger partial charge in [0.1, 0.15) is 0 Å². The fourth-order valence-electron chi connectivity index (χ4n) is 3.33. The van der Waals surface area contributed by atoms with Crippen molar-refractivity contribution < 1.29 is 14.7 Å². The molecular weight excluding hydrogens is 446 g/mol. The molecular formula is C27H25N3O3S. The SMILES string of the molecule is CC(C)(C)c1ccc(C(=O)Nc2ccc(-c3csc(Nc4ccc(C(=O)O)cc4)n3)cc2)cc1. The van der Waals surface area contributed by atoms with Crippen molar-refractivity contribution in [3.63, 3.8) is 0 Å². The molecule has 7 heteroatoms. The van der Waals surface area contributed by atoms with Crippen LogP contribution in [-0.2, 0) is 5.41 Å². The molecule has 1 amide bonds. The molecule has 34 heavy (non-hydrogen) atoms. The van der Waals surface area contributed by atoms with Gasteiger partial charge in [-0.2, -0.15) is 0 Å². The first-order chi connectivity index (χ1) is 16.2. The summed E-state index contributed by atoms with van der Waals surface area (Å²) in [5, 5.41) is 17.8. The number of amides is 1. The van der Waals surface area contributed by atoms with Gasteiger partial charge in [-0.15, -0.1) is 11.3 Å². The lowest BCUT2D eigenvalue weighted by molar-refractivity contribution is 0.0696. The topological polar surface area (TPSA) is 91.3 Å². The molecule has 4 aromatic rings. The predicted molar refractivity (Wildman–Crippen MR) is 137 cm³/mol. The average molecular weight is 472 g/mol. The summed E-state index contributed by atoms with van der Waals surface area (Å²) in [5.74, 6) is -1.11. The molecule has 0 aliphatic heterocycles. The summed E-state index contributed by atoms with van der Waals surface area (Å²) in [6.07, 6.45) is 0. The molecule has 0 saturated carbocycles. The molecule has 172 valence electrons. The Morgan fingerprint density at radius 1 is 0.824 bits per heavy atom. The molecule has 6 nitrogen and oxygen atoms in total. The summed E-state index contributed by atoms with van der Waals surface area (Å²) in [6.45, 7) is 6.43. The van der Waals surface area contributed by atoms with Crippen LogP contribution in [0.15, 0.2) is 78.2 Å². The molecule has 3 N–H and O–H groups in total. The van der Waals surface area contributed by atoms with E-state index in [4.69, 9.17) is 5.11 Å². The Morgan fingerprint density at radius 3 is 2.00 bits per heavy atom. The fourth-order valence-corrected chi connectivity index (χ4v) is 4.07. The number of hydrogen-bond donors (Lipinski definition) is 3. The number of benzene rings is 3. The van der Waals surface area contributed by atoms with Crippen LogP contribution in [0.2, 0.25) is 0 Å². The highest BCUT2D eigenvalue weighted by molar-refractivity contribution is 7.14. The number of carboxylic acid groups (broad SMARTS) is 1. The molecule has 0 saturated heterocycles. The second kappa shape index (κ2) is 9.49. The van der Waals surface area contributed by atoms with Crippen molar-refractivity contribution in [1.82, 2.24) is 4.98 Å². The number of hydrogen-bond acceptors (Lipinski definition) is 5. The molecule has 3 aromatic carbocycles. The molecule has 0 bridgehead atoms. The van der Waals surface area contributed by atoms with Gasteiger partial charge in [0, 0.05) is 27.9 Å². The molecule has 0 aliphatic carbocycles. The van der Waals surface area contributed by atoms with Crippen LogP contribution in [0.1, 0.15) is 47.1 Å². The molecule has 0 spiro atoms. The molecule has 4 rings (SSSR count). The summed E-state index contributed by atoms with van der Waals surface area (Å²) in [6, 6.07) is 21.7. The van der Waals surface area contributed by atoms with Crippen LogP contribution in [0.5, 0.6) is 0 Å². The van der Waals surface area contributed by atoms with Gasteiger partial charge in [-0.25, -0.2) is 9.78 Å². The van der Waals surface area contributed by atoms with Gasteiger partial charge in [-0.1, -0.05) is 45.0 Å². The first-order valence-corrected chi connectivity index (χ1v) is 11.7. The normalized spacial score (nSPS) is 11.1. The monoisotopic (exact) mass is 471 g/mol. The van der Waals surface area contributed by atoms with Crippen molar-refractivity contribution in [2.75, 3.05) is 10.6 Å². The summed E-state index contributed by atoms with van der Waals surface area (Å²) in [4.78, 5) is 28.2. The number of aromatic carboxylic acids is 1. The van der Waals surface area contributed by atoms with E-state index in [2.05, 4.69) is 36.4 Å². The van der Waals surface area contributed by atoms with Crippen molar-refractivity contribution in [1.29, 1.82) is 0 Å². The Kier molecular flexibility index (Phi) is 6.47. The second-order valence-corrected chi connectivity index (χ2v) is 9.76. The van der Waals surface area contributed by atoms with Gasteiger partial charge >= 0.3 is 5.97 Å². The van der Waals surface area contributed by atoms with Gasteiger partial charge in [0.15, 0.2) is 5.13 Å². The number of carbonyl (C=O) groups is 2. The molecule has 0 unspecified atom stereocenters. The Balaban J connectivity index is 1.39. The summed E-state index contributed by atoms with van der Waals surface area (Å²) in [5.41, 5.74) is 5.29. The lowest BCUT2D eigenvalue weighted by Gasteiger charge is -2.19.